The molecule has 0 fully saturated rings. The van der Waals surface area contributed by atoms with Crippen molar-refractivity contribution in [2.45, 2.75) is 13.5 Å². The van der Waals surface area contributed by atoms with Crippen LogP contribution in [0.15, 0.2) is 73.2 Å². The van der Waals surface area contributed by atoms with Crippen molar-refractivity contribution in [3.63, 3.8) is 0 Å². The molecule has 8 nitrogen and oxygen atoms in total. The Labute approximate surface area is 226 Å². The lowest BCUT2D eigenvalue weighted by Crippen LogP contribution is -2.14. The first-order valence-corrected chi connectivity index (χ1v) is 12.3. The summed E-state index contributed by atoms with van der Waals surface area (Å²) < 4.78 is 36.0. The van der Waals surface area contributed by atoms with E-state index in [1.807, 2.05) is 11.5 Å². The van der Waals surface area contributed by atoms with Crippen LogP contribution in [-0.2, 0) is 6.54 Å². The number of nitrogens with zero attached hydrogens (tertiary/aromatic N) is 4. The van der Waals surface area contributed by atoms with Gasteiger partial charge in [-0.25, -0.2) is 18.7 Å². The van der Waals surface area contributed by atoms with Crippen LogP contribution in [0.5, 0.6) is 11.6 Å². The third-order valence-electron chi connectivity index (χ3n) is 5.93. The highest BCUT2D eigenvalue weighted by molar-refractivity contribution is 6.33. The van der Waals surface area contributed by atoms with Crippen molar-refractivity contribution in [2.24, 2.45) is 5.92 Å². The number of rotatable bonds is 8. The number of hydrogen-bond donors (Lipinski definition) is 2. The highest BCUT2D eigenvalue weighted by Crippen LogP contribution is 2.31. The Morgan fingerprint density at radius 1 is 1.10 bits per heavy atom. The number of ether oxygens (including phenoxy) is 1. The van der Waals surface area contributed by atoms with Crippen molar-refractivity contribution < 1.29 is 23.4 Å². The Kier molecular flexibility index (Phi) is 7.49. The molecule has 198 valence electrons. The van der Waals surface area contributed by atoms with Crippen LogP contribution in [0.4, 0.5) is 14.5 Å². The molecular formula is C28H22ClF2N5O3. The lowest BCUT2D eigenvalue weighted by molar-refractivity contribution is 0.102. The predicted octanol–water partition coefficient (Wildman–Crippen LogP) is 6.10. The van der Waals surface area contributed by atoms with Gasteiger partial charge in [-0.2, -0.15) is 4.98 Å². The minimum Gasteiger partial charge on any atom is -0.434 e. The molecule has 1 atom stereocenters. The van der Waals surface area contributed by atoms with Crippen LogP contribution in [0.1, 0.15) is 17.4 Å². The number of halogens is 3. The normalized spacial score (nSPS) is 11.9. The summed E-state index contributed by atoms with van der Waals surface area (Å²) in [6.07, 6.45) is 3.13. The van der Waals surface area contributed by atoms with E-state index < -0.39 is 17.5 Å². The zero-order valence-electron chi connectivity index (χ0n) is 20.6. The highest BCUT2D eigenvalue weighted by Gasteiger charge is 2.17. The Hall–Kier alpha value is -4.41. The highest BCUT2D eigenvalue weighted by atomic mass is 35.5. The molecule has 2 N–H and O–H groups in total. The summed E-state index contributed by atoms with van der Waals surface area (Å²) in [6, 6.07) is 14.3. The van der Waals surface area contributed by atoms with Gasteiger partial charge in [0.1, 0.15) is 23.4 Å². The van der Waals surface area contributed by atoms with E-state index in [1.165, 1.54) is 54.9 Å². The number of carbonyl (C=O) groups is 1. The first kappa shape index (κ1) is 26.2. The van der Waals surface area contributed by atoms with Gasteiger partial charge in [0.15, 0.2) is 11.6 Å². The molecule has 5 rings (SSSR count). The molecule has 3 aromatic heterocycles. The fraction of sp³-hybridized carbons (Fsp3) is 0.143. The molecular weight excluding hydrogens is 528 g/mol. The average Bonchev–Trinajstić information content (AvgIpc) is 3.34. The van der Waals surface area contributed by atoms with Crippen molar-refractivity contribution in [1.82, 2.24) is 19.5 Å². The van der Waals surface area contributed by atoms with Gasteiger partial charge in [0.05, 0.1) is 16.2 Å². The van der Waals surface area contributed by atoms with E-state index in [1.54, 1.807) is 12.3 Å². The maximum atomic E-state index is 15.0. The number of benzene rings is 2. The van der Waals surface area contributed by atoms with E-state index in [2.05, 4.69) is 20.3 Å². The van der Waals surface area contributed by atoms with Gasteiger partial charge in [-0.1, -0.05) is 18.5 Å². The lowest BCUT2D eigenvalue weighted by atomic mass is 10.1. The van der Waals surface area contributed by atoms with Gasteiger partial charge in [-0.15, -0.1) is 0 Å². The number of aliphatic hydroxyl groups excluding tert-OH is 1. The van der Waals surface area contributed by atoms with Gasteiger partial charge < -0.3 is 19.7 Å². The van der Waals surface area contributed by atoms with Crippen LogP contribution in [0, 0.1) is 17.6 Å². The molecule has 5 aromatic rings. The van der Waals surface area contributed by atoms with E-state index >= 15 is 4.39 Å². The SMILES string of the molecule is C[C@@H](CO)Cn1ccc2ncnc(Oc3ccc(NC(=O)c4ccc(Cl)c(-c5ccc(F)cc5)n4)cc3F)c21. The average molecular weight is 550 g/mol. The minimum atomic E-state index is -0.725. The van der Waals surface area contributed by atoms with Crippen LogP contribution < -0.4 is 10.1 Å². The summed E-state index contributed by atoms with van der Waals surface area (Å²) in [5, 5.41) is 12.3. The minimum absolute atomic E-state index is 0.00442. The van der Waals surface area contributed by atoms with Gasteiger partial charge in [-0.05, 0) is 60.5 Å². The zero-order chi connectivity index (χ0) is 27.5. The van der Waals surface area contributed by atoms with Gasteiger partial charge in [0.25, 0.3) is 5.91 Å². The molecule has 0 aliphatic rings. The van der Waals surface area contributed by atoms with Gasteiger partial charge in [0.2, 0.25) is 5.88 Å². The van der Waals surface area contributed by atoms with E-state index in [0.29, 0.717) is 33.9 Å². The largest absolute Gasteiger partial charge is 0.434 e. The fourth-order valence-corrected chi connectivity index (χ4v) is 4.18. The fourth-order valence-electron chi connectivity index (χ4n) is 3.96. The second-order valence-corrected chi connectivity index (χ2v) is 9.31. The van der Waals surface area contributed by atoms with Crippen LogP contribution in [0.2, 0.25) is 5.02 Å². The van der Waals surface area contributed by atoms with Gasteiger partial charge in [-0.3, -0.25) is 4.79 Å². The maximum Gasteiger partial charge on any atom is 0.274 e. The Morgan fingerprint density at radius 3 is 2.64 bits per heavy atom. The molecule has 1 amide bonds. The monoisotopic (exact) mass is 549 g/mol. The van der Waals surface area contributed by atoms with Crippen LogP contribution in [0.3, 0.4) is 0 Å². The summed E-state index contributed by atoms with van der Waals surface area (Å²) in [5.41, 5.74) is 2.26. The predicted molar refractivity (Wildman–Crippen MR) is 143 cm³/mol. The molecule has 0 aliphatic carbocycles. The Balaban J connectivity index is 1.35. The first-order chi connectivity index (χ1) is 18.8. The summed E-state index contributed by atoms with van der Waals surface area (Å²) in [5.74, 6) is -1.68. The second-order valence-electron chi connectivity index (χ2n) is 8.90. The summed E-state index contributed by atoms with van der Waals surface area (Å²) in [6.45, 7) is 2.40. The number of aliphatic hydroxyl groups is 1. The lowest BCUT2D eigenvalue weighted by Gasteiger charge is -2.13. The molecule has 0 saturated carbocycles. The summed E-state index contributed by atoms with van der Waals surface area (Å²) in [7, 11) is 0. The molecule has 11 heteroatoms. The van der Waals surface area contributed by atoms with Crippen molar-refractivity contribution in [3.05, 3.63) is 95.5 Å². The number of carbonyl (C=O) groups excluding carboxylic acids is 1. The molecule has 0 unspecified atom stereocenters. The Morgan fingerprint density at radius 2 is 1.90 bits per heavy atom. The van der Waals surface area contributed by atoms with E-state index in [9.17, 15) is 14.3 Å². The standard InChI is InChI=1S/C28H22ClF2N5O3/c1-16(14-37)13-36-11-10-22-26(36)28(33-15-32-22)39-24-9-6-19(12-21(24)31)34-27(38)23-8-7-20(29)25(35-23)17-2-4-18(30)5-3-17/h2-12,15-16,37H,13-14H2,1H3,(H,34,38)/t16-/m1/s1. The molecule has 0 saturated heterocycles. The van der Waals surface area contributed by atoms with Crippen molar-refractivity contribution >= 4 is 34.2 Å². The van der Waals surface area contributed by atoms with Crippen LogP contribution in [0.25, 0.3) is 22.3 Å². The topological polar surface area (TPSA) is 102 Å². The van der Waals surface area contributed by atoms with E-state index in [-0.39, 0.29) is 35.5 Å². The van der Waals surface area contributed by atoms with Crippen LogP contribution in [-0.4, -0.2) is 37.1 Å². The molecule has 2 aromatic carbocycles. The molecule has 0 spiro atoms. The van der Waals surface area contributed by atoms with E-state index in [0.717, 1.165) is 6.07 Å². The van der Waals surface area contributed by atoms with Crippen LogP contribution >= 0.6 is 11.6 Å². The van der Waals surface area contributed by atoms with Crippen molar-refractivity contribution in [3.8, 4) is 22.9 Å². The number of amides is 1. The Bertz CT molecular complexity index is 1660. The van der Waals surface area contributed by atoms with Gasteiger partial charge >= 0.3 is 0 Å². The zero-order valence-corrected chi connectivity index (χ0v) is 21.4. The first-order valence-electron chi connectivity index (χ1n) is 11.9. The third-order valence-corrected chi connectivity index (χ3v) is 6.23. The molecule has 0 aliphatic heterocycles. The summed E-state index contributed by atoms with van der Waals surface area (Å²) >= 11 is 6.24. The molecule has 0 radical (unpaired) electrons. The number of pyridine rings is 1. The second kappa shape index (κ2) is 11.1. The number of nitrogens with one attached hydrogen (secondary N) is 1. The molecule has 0 bridgehead atoms. The number of aromatic nitrogens is 4. The molecule has 39 heavy (non-hydrogen) atoms. The summed E-state index contributed by atoms with van der Waals surface area (Å²) in [4.78, 5) is 25.6. The quantitative estimate of drug-likeness (QED) is 0.242. The van der Waals surface area contributed by atoms with E-state index in [4.69, 9.17) is 16.3 Å². The maximum absolute atomic E-state index is 15.0. The number of fused-ring (bicyclic) bond motifs is 1. The number of hydrogen-bond acceptors (Lipinski definition) is 6. The number of anilines is 1. The molecule has 3 heterocycles. The van der Waals surface area contributed by atoms with Crippen molar-refractivity contribution in [2.75, 3.05) is 11.9 Å². The van der Waals surface area contributed by atoms with Crippen molar-refractivity contribution in [1.29, 1.82) is 0 Å². The van der Waals surface area contributed by atoms with Gasteiger partial charge in [0, 0.05) is 36.7 Å². The smallest absolute Gasteiger partial charge is 0.274 e. The third kappa shape index (κ3) is 5.71.